The normalized spacial score (nSPS) is 18.1. The highest BCUT2D eigenvalue weighted by Crippen LogP contribution is 2.28. The van der Waals surface area contributed by atoms with Gasteiger partial charge in [-0.1, -0.05) is 48.0 Å². The van der Waals surface area contributed by atoms with Crippen LogP contribution in [0, 0.1) is 6.92 Å². The maximum absolute atomic E-state index is 13.4. The van der Waals surface area contributed by atoms with Crippen molar-refractivity contribution in [3.63, 3.8) is 0 Å². The molecule has 0 spiro atoms. The number of alkyl halides is 2. The Morgan fingerprint density at radius 2 is 1.71 bits per heavy atom. The summed E-state index contributed by atoms with van der Waals surface area (Å²) >= 11 is 0. The van der Waals surface area contributed by atoms with Gasteiger partial charge in [-0.15, -0.1) is 0 Å². The molecule has 2 aromatic rings. The molecule has 1 atom stereocenters. The van der Waals surface area contributed by atoms with E-state index in [9.17, 15) is 17.2 Å². The summed E-state index contributed by atoms with van der Waals surface area (Å²) in [6.45, 7) is 1.57. The lowest BCUT2D eigenvalue weighted by Crippen LogP contribution is -2.45. The Morgan fingerprint density at radius 1 is 1.08 bits per heavy atom. The topological polar surface area (TPSA) is 49.7 Å². The highest BCUT2D eigenvalue weighted by molar-refractivity contribution is 7.89. The van der Waals surface area contributed by atoms with Crippen LogP contribution < -0.4 is 0 Å². The van der Waals surface area contributed by atoms with Crippen LogP contribution in [0.3, 0.4) is 0 Å². The molecule has 0 N–H and O–H groups in total. The molecule has 0 fully saturated rings. The molecule has 4 nitrogen and oxygen atoms in total. The number of benzene rings is 2. The van der Waals surface area contributed by atoms with Crippen LogP contribution in [0.2, 0.25) is 0 Å². The molecule has 0 aromatic heterocycles. The van der Waals surface area contributed by atoms with Crippen LogP contribution in [0.5, 0.6) is 0 Å². The molecule has 3 rings (SSSR count). The molecule has 0 bridgehead atoms. The molecular formula is C17H16F2N2O2S. The average Bonchev–Trinajstić information content (AvgIpc) is 3.02. The van der Waals surface area contributed by atoms with Crippen molar-refractivity contribution >= 4 is 15.9 Å². The zero-order valence-electron chi connectivity index (χ0n) is 12.9. The number of hydrogen-bond acceptors (Lipinski definition) is 3. The Bertz CT molecular complexity index is 850. The highest BCUT2D eigenvalue weighted by atomic mass is 32.2. The largest absolute Gasteiger partial charge is 0.266 e. The van der Waals surface area contributed by atoms with E-state index in [1.165, 1.54) is 12.1 Å². The van der Waals surface area contributed by atoms with Crippen molar-refractivity contribution in [2.75, 3.05) is 6.54 Å². The van der Waals surface area contributed by atoms with Crippen LogP contribution in [-0.2, 0) is 10.0 Å². The molecule has 1 unspecified atom stereocenters. The molecular weight excluding hydrogens is 334 g/mol. The van der Waals surface area contributed by atoms with Gasteiger partial charge in [-0.2, -0.15) is 0 Å². The minimum absolute atomic E-state index is 0.0238. The summed E-state index contributed by atoms with van der Waals surface area (Å²) in [5.41, 5.74) is 1.38. The second-order valence-electron chi connectivity index (χ2n) is 5.55. The number of hydrogen-bond donors (Lipinski definition) is 0. The second kappa shape index (κ2) is 6.32. The summed E-state index contributed by atoms with van der Waals surface area (Å²) in [5.74, 6) is 0.0569. The number of sulfonamides is 1. The number of rotatable bonds is 4. The van der Waals surface area contributed by atoms with E-state index in [0.717, 1.165) is 9.87 Å². The summed E-state index contributed by atoms with van der Waals surface area (Å²) < 4.78 is 53.5. The summed E-state index contributed by atoms with van der Waals surface area (Å²) in [4.78, 5) is 4.06. The van der Waals surface area contributed by atoms with Gasteiger partial charge in [0.1, 0.15) is 11.9 Å². The standard InChI is InChI=1S/C17H16F2N2O2S/c1-12-7-9-14(10-8-12)24(22,23)21-15(16(18)19)11-20-17(21)13-5-3-2-4-6-13/h2-10,15-16H,11H2,1H3. The first kappa shape index (κ1) is 16.6. The predicted octanol–water partition coefficient (Wildman–Crippen LogP) is 3.08. The number of aryl methyl sites for hydroxylation is 1. The third kappa shape index (κ3) is 2.91. The fourth-order valence-corrected chi connectivity index (χ4v) is 4.20. The summed E-state index contributed by atoms with van der Waals surface area (Å²) in [6, 6.07) is 13.1. The molecule has 0 aliphatic carbocycles. The van der Waals surface area contributed by atoms with Crippen molar-refractivity contribution in [3.8, 4) is 0 Å². The molecule has 0 amide bonds. The Morgan fingerprint density at radius 3 is 2.29 bits per heavy atom. The lowest BCUT2D eigenvalue weighted by atomic mass is 10.2. The lowest BCUT2D eigenvalue weighted by molar-refractivity contribution is 0.0917. The van der Waals surface area contributed by atoms with Crippen LogP contribution in [-0.4, -0.2) is 37.6 Å². The zero-order chi connectivity index (χ0) is 17.3. The predicted molar refractivity (Wildman–Crippen MR) is 87.8 cm³/mol. The maximum Gasteiger partial charge on any atom is 0.266 e. The Kier molecular flexibility index (Phi) is 4.36. The third-order valence-corrected chi connectivity index (χ3v) is 5.67. The first-order valence-electron chi connectivity index (χ1n) is 7.40. The van der Waals surface area contributed by atoms with Crippen LogP contribution in [0.4, 0.5) is 8.78 Å². The SMILES string of the molecule is Cc1ccc(S(=O)(=O)N2C(c3ccccc3)=NCC2C(F)F)cc1. The van der Waals surface area contributed by atoms with Crippen molar-refractivity contribution in [3.05, 3.63) is 65.7 Å². The Hall–Kier alpha value is -2.28. The molecule has 0 saturated heterocycles. The molecule has 24 heavy (non-hydrogen) atoms. The van der Waals surface area contributed by atoms with Gasteiger partial charge in [-0.3, -0.25) is 4.99 Å². The summed E-state index contributed by atoms with van der Waals surface area (Å²) in [7, 11) is -4.12. The average molecular weight is 350 g/mol. The third-order valence-electron chi connectivity index (χ3n) is 3.84. The van der Waals surface area contributed by atoms with Gasteiger partial charge >= 0.3 is 0 Å². The summed E-state index contributed by atoms with van der Waals surface area (Å²) in [5, 5.41) is 0. The minimum atomic E-state index is -4.12. The first-order chi connectivity index (χ1) is 11.4. The monoisotopic (exact) mass is 350 g/mol. The van der Waals surface area contributed by atoms with Crippen molar-refractivity contribution < 1.29 is 17.2 Å². The van der Waals surface area contributed by atoms with Gasteiger partial charge in [0, 0.05) is 5.56 Å². The van der Waals surface area contributed by atoms with Gasteiger partial charge < -0.3 is 0 Å². The lowest BCUT2D eigenvalue weighted by Gasteiger charge is -2.27. The van der Waals surface area contributed by atoms with E-state index in [1.807, 2.05) is 6.92 Å². The highest BCUT2D eigenvalue weighted by Gasteiger charge is 2.43. The van der Waals surface area contributed by atoms with Crippen LogP contribution >= 0.6 is 0 Å². The molecule has 1 aliphatic heterocycles. The van der Waals surface area contributed by atoms with Gasteiger partial charge in [0.05, 0.1) is 11.4 Å². The van der Waals surface area contributed by atoms with E-state index in [1.54, 1.807) is 42.5 Å². The first-order valence-corrected chi connectivity index (χ1v) is 8.84. The number of halogens is 2. The molecule has 1 heterocycles. The van der Waals surface area contributed by atoms with Crippen molar-refractivity contribution in [2.45, 2.75) is 24.3 Å². The quantitative estimate of drug-likeness (QED) is 0.851. The Labute approximate surface area is 139 Å². The van der Waals surface area contributed by atoms with E-state index < -0.39 is 22.5 Å². The molecule has 0 radical (unpaired) electrons. The molecule has 7 heteroatoms. The van der Waals surface area contributed by atoms with Crippen molar-refractivity contribution in [1.29, 1.82) is 0 Å². The number of aliphatic imine (C=N–C) groups is 1. The maximum atomic E-state index is 13.4. The van der Waals surface area contributed by atoms with Crippen molar-refractivity contribution in [2.24, 2.45) is 4.99 Å². The number of amidine groups is 1. The van der Waals surface area contributed by atoms with Gasteiger partial charge in [0.25, 0.3) is 16.4 Å². The Balaban J connectivity index is 2.09. The number of nitrogens with zero attached hydrogens (tertiary/aromatic N) is 2. The molecule has 126 valence electrons. The smallest absolute Gasteiger partial charge is 0.265 e. The van der Waals surface area contributed by atoms with Crippen LogP contribution in [0.25, 0.3) is 0 Å². The van der Waals surface area contributed by atoms with Gasteiger partial charge in [0.15, 0.2) is 0 Å². The van der Waals surface area contributed by atoms with Crippen LogP contribution in [0.1, 0.15) is 11.1 Å². The van der Waals surface area contributed by atoms with E-state index in [0.29, 0.717) is 5.56 Å². The van der Waals surface area contributed by atoms with E-state index >= 15 is 0 Å². The van der Waals surface area contributed by atoms with E-state index in [-0.39, 0.29) is 17.3 Å². The van der Waals surface area contributed by atoms with Gasteiger partial charge in [-0.25, -0.2) is 21.5 Å². The fourth-order valence-electron chi connectivity index (χ4n) is 2.58. The minimum Gasteiger partial charge on any atom is -0.265 e. The van der Waals surface area contributed by atoms with E-state index in [2.05, 4.69) is 4.99 Å². The van der Waals surface area contributed by atoms with Gasteiger partial charge in [0.2, 0.25) is 0 Å². The van der Waals surface area contributed by atoms with Gasteiger partial charge in [-0.05, 0) is 19.1 Å². The fraction of sp³-hybridized carbons (Fsp3) is 0.235. The van der Waals surface area contributed by atoms with E-state index in [4.69, 9.17) is 0 Å². The molecule has 0 saturated carbocycles. The molecule has 1 aliphatic rings. The van der Waals surface area contributed by atoms with Crippen LogP contribution in [0.15, 0.2) is 64.5 Å². The zero-order valence-corrected chi connectivity index (χ0v) is 13.7. The summed E-state index contributed by atoms with van der Waals surface area (Å²) in [6.07, 6.45) is -2.82. The van der Waals surface area contributed by atoms with Crippen molar-refractivity contribution in [1.82, 2.24) is 4.31 Å². The second-order valence-corrected chi connectivity index (χ2v) is 7.36. The molecule has 2 aromatic carbocycles.